The molecule has 0 aliphatic carbocycles. The molecule has 0 aromatic rings. The van der Waals surface area contributed by atoms with E-state index in [4.69, 9.17) is 0 Å². The zero-order valence-corrected chi connectivity index (χ0v) is 46.5. The summed E-state index contributed by atoms with van der Waals surface area (Å²) in [5, 5.41) is 28.5. The van der Waals surface area contributed by atoms with Crippen LogP contribution in [0.3, 0.4) is 0 Å². The van der Waals surface area contributed by atoms with Crippen LogP contribution in [0.2, 0.25) is 0 Å². The Morgan fingerprint density at radius 2 is 0.678 bits per heavy atom. The van der Waals surface area contributed by atoms with Crippen LogP contribution in [0.5, 0.6) is 0 Å². The molecule has 0 bridgehead atoms. The van der Waals surface area contributed by atoms with Gasteiger partial charge in [0.05, 0.1) is 16.2 Å². The van der Waals surface area contributed by atoms with Crippen molar-refractivity contribution in [2.75, 3.05) is 0 Å². The molecule has 0 amide bonds. The molecule has 12 nitrogen and oxygen atoms in total. The van der Waals surface area contributed by atoms with Crippen molar-refractivity contribution in [3.8, 4) is 0 Å². The molecule has 3 rings (SSSR count). The lowest BCUT2D eigenvalue weighted by atomic mass is 9.71. The van der Waals surface area contributed by atoms with Crippen molar-refractivity contribution in [3.63, 3.8) is 0 Å². The first-order chi connectivity index (χ1) is 37.6. The molecule has 3 aliphatic rings. The van der Waals surface area contributed by atoms with E-state index in [0.29, 0.717) is 6.92 Å². The smallest absolute Gasteiger partial charge is 0.417 e. The molecular weight excluding hydrogens is 1300 g/mol. The van der Waals surface area contributed by atoms with Gasteiger partial charge in [-0.15, -0.1) is 0 Å². The average molecular weight is 1360 g/mol. The number of alkyl halides is 30. The van der Waals surface area contributed by atoms with Gasteiger partial charge < -0.3 is 43.7 Å². The van der Waals surface area contributed by atoms with Crippen LogP contribution >= 0.6 is 0 Å². The maximum Gasteiger partial charge on any atom is 0.462 e. The summed E-state index contributed by atoms with van der Waals surface area (Å²) in [5.74, 6) is -60.3. The quantitative estimate of drug-likeness (QED) is 0.102. The number of esters is 3. The van der Waals surface area contributed by atoms with Crippen LogP contribution in [0.1, 0.15) is 122 Å². The number of carbonyl (C=O) groups excluding carboxylic acids is 3. The van der Waals surface area contributed by atoms with E-state index in [9.17, 15) is 161 Å². The second kappa shape index (κ2) is 22.7. The van der Waals surface area contributed by atoms with Crippen molar-refractivity contribution in [3.05, 3.63) is 0 Å². The highest BCUT2D eigenvalue weighted by Crippen LogP contribution is 2.69. The second-order valence-electron chi connectivity index (χ2n) is 22.0. The molecule has 0 aromatic heterocycles. The van der Waals surface area contributed by atoms with Gasteiger partial charge in [-0.05, 0) is 87.5 Å². The van der Waals surface area contributed by atoms with Crippen LogP contribution in [-0.4, -0.2) is 158 Å². The standard InChI is InChI=1S/C16H20F10O4.C15H18F10O4.C14H16F10O4/c1-6-9(3,4)8(27)29-14(16(24,25)26)13(19,20)10(5,28)12(17,18)11(7-2,30-14)15(21,22)23;1-5-9(3,4)8(27)28-13(15(23,24)25)12(18,19)7(26)11(16,17)10(6-2,29-13)14(20,21)22;1-5-8(2,3)7(25)28-13(14(22,23)24)12(20,21)9(4,26)10(15,16)6(27-13)11(17,18)19/h28H,6-7H2,1-5H3;7,26H,5-6H2,1-4H3;6,26H,5H2,1-4H3. The molecule has 3 saturated heterocycles. The summed E-state index contributed by atoms with van der Waals surface area (Å²) in [6.07, 6.45) is -53.7. The zero-order valence-electron chi connectivity index (χ0n) is 46.5. The van der Waals surface area contributed by atoms with E-state index in [-0.39, 0.29) is 26.2 Å². The van der Waals surface area contributed by atoms with Gasteiger partial charge in [0.15, 0.2) is 17.3 Å². The Morgan fingerprint density at radius 3 is 0.943 bits per heavy atom. The number of aliphatic hydroxyl groups excluding tert-OH is 1. The molecule has 9 atom stereocenters. The van der Waals surface area contributed by atoms with Gasteiger partial charge in [0, 0.05) is 0 Å². The van der Waals surface area contributed by atoms with Gasteiger partial charge in [-0.25, -0.2) is 0 Å². The third-order valence-electron chi connectivity index (χ3n) is 15.1. The molecule has 42 heteroatoms. The first-order valence-electron chi connectivity index (χ1n) is 24.2. The highest BCUT2D eigenvalue weighted by Gasteiger charge is 2.97. The lowest BCUT2D eigenvalue weighted by Crippen LogP contribution is -2.87. The Bertz CT molecular complexity index is 2480. The molecule has 87 heavy (non-hydrogen) atoms. The first kappa shape index (κ1) is 81.1. The topological polar surface area (TPSA) is 167 Å². The zero-order chi connectivity index (χ0) is 70.7. The largest absolute Gasteiger partial charge is 0.462 e. The summed E-state index contributed by atoms with van der Waals surface area (Å²) >= 11 is 0. The molecule has 0 saturated carbocycles. The van der Waals surface area contributed by atoms with Gasteiger partial charge in [-0.2, -0.15) is 132 Å². The van der Waals surface area contributed by atoms with Crippen molar-refractivity contribution in [1.29, 1.82) is 0 Å². The van der Waals surface area contributed by atoms with Gasteiger partial charge in [0.2, 0.25) is 17.3 Å². The third kappa shape index (κ3) is 11.8. The highest BCUT2D eigenvalue weighted by molar-refractivity contribution is 5.77. The van der Waals surface area contributed by atoms with E-state index in [2.05, 4.69) is 28.4 Å². The molecule has 3 fully saturated rings. The van der Waals surface area contributed by atoms with Gasteiger partial charge in [0.1, 0.15) is 0 Å². The predicted octanol–water partition coefficient (Wildman–Crippen LogP) is 13.8. The van der Waals surface area contributed by atoms with Crippen LogP contribution in [0, 0.1) is 16.2 Å². The Morgan fingerprint density at radius 1 is 0.402 bits per heavy atom. The minimum absolute atomic E-state index is 0.288. The SMILES string of the molecule is CCC(C)(C)C(=O)OC1(C(F)(F)F)OC(C(F)(F)F)C(F)(F)C(C)(O)C1(F)F.CCC(C)(C)C(=O)OC1(C(F)(F)F)OC(CC)(C(F)(F)F)C(F)(F)C(C)(O)C1(F)F.CCC(C)(C)C(=O)OC1(C(F)(F)F)OC(CC)(C(F)(F)F)C(F)(F)C(O)C1(F)F. The average Bonchev–Trinajstić information content (AvgIpc) is 0.688. The van der Waals surface area contributed by atoms with Crippen molar-refractivity contribution in [2.45, 2.75) is 247 Å². The summed E-state index contributed by atoms with van der Waals surface area (Å²) in [6, 6.07) is 0. The number of ether oxygens (including phenoxy) is 6. The number of hydrogen-bond donors (Lipinski definition) is 3. The minimum atomic E-state index is -6.66. The number of halogens is 30. The van der Waals surface area contributed by atoms with Crippen LogP contribution in [0.4, 0.5) is 132 Å². The molecule has 3 aliphatic heterocycles. The van der Waals surface area contributed by atoms with E-state index < -0.39 is 185 Å². The van der Waals surface area contributed by atoms with Crippen molar-refractivity contribution < 1.29 is 190 Å². The maximum atomic E-state index is 14.8. The van der Waals surface area contributed by atoms with E-state index in [0.717, 1.165) is 41.5 Å². The fourth-order valence-electron chi connectivity index (χ4n) is 7.55. The van der Waals surface area contributed by atoms with Crippen LogP contribution in [-0.2, 0) is 42.8 Å². The van der Waals surface area contributed by atoms with Crippen molar-refractivity contribution in [2.24, 2.45) is 16.2 Å². The summed E-state index contributed by atoms with van der Waals surface area (Å²) in [6.45, 7) is 8.49. The fraction of sp³-hybridized carbons (Fsp3) is 0.933. The monoisotopic (exact) mass is 1360 g/mol. The van der Waals surface area contributed by atoms with Crippen LogP contribution < -0.4 is 0 Å². The molecule has 0 radical (unpaired) electrons. The number of rotatable bonds is 11. The van der Waals surface area contributed by atoms with E-state index in [1.165, 1.54) is 20.8 Å². The van der Waals surface area contributed by atoms with Crippen LogP contribution in [0.15, 0.2) is 0 Å². The predicted molar refractivity (Wildman–Crippen MR) is 225 cm³/mol. The molecule has 3 heterocycles. The molecule has 0 aromatic carbocycles. The van der Waals surface area contributed by atoms with Gasteiger partial charge in [-0.1, -0.05) is 34.6 Å². The van der Waals surface area contributed by atoms with Crippen molar-refractivity contribution >= 4 is 17.9 Å². The molecule has 0 spiro atoms. The number of carbonyl (C=O) groups is 3. The molecule has 516 valence electrons. The normalized spacial score (nSPS) is 33.6. The van der Waals surface area contributed by atoms with E-state index in [1.54, 1.807) is 0 Å². The Labute approximate surface area is 470 Å². The fourth-order valence-corrected chi connectivity index (χ4v) is 7.55. The van der Waals surface area contributed by atoms with Crippen LogP contribution in [0.25, 0.3) is 0 Å². The minimum Gasteiger partial charge on any atom is -0.417 e. The Balaban J connectivity index is 0.000000653. The lowest BCUT2D eigenvalue weighted by Gasteiger charge is -2.59. The van der Waals surface area contributed by atoms with Gasteiger partial charge in [-0.3, -0.25) is 14.4 Å². The van der Waals surface area contributed by atoms with Gasteiger partial charge in [0.25, 0.3) is 0 Å². The summed E-state index contributed by atoms with van der Waals surface area (Å²) in [7, 11) is 0. The summed E-state index contributed by atoms with van der Waals surface area (Å²) in [4.78, 5) is 36.1. The Kier molecular flexibility index (Phi) is 21.2. The molecule has 9 unspecified atom stereocenters. The first-order valence-corrected chi connectivity index (χ1v) is 24.2. The number of hydrogen-bond acceptors (Lipinski definition) is 12. The van der Waals surface area contributed by atoms with E-state index >= 15 is 0 Å². The van der Waals surface area contributed by atoms with Gasteiger partial charge >= 0.3 is 108 Å². The second-order valence-corrected chi connectivity index (χ2v) is 22.0. The third-order valence-corrected chi connectivity index (χ3v) is 15.1. The molecular formula is C45H54F30O12. The maximum absolute atomic E-state index is 14.8. The van der Waals surface area contributed by atoms with Crippen molar-refractivity contribution in [1.82, 2.24) is 0 Å². The lowest BCUT2D eigenvalue weighted by molar-refractivity contribution is -0.555. The molecule has 3 N–H and O–H groups in total. The number of aliphatic hydroxyl groups is 3. The highest BCUT2D eigenvalue weighted by atomic mass is 19.4. The summed E-state index contributed by atoms with van der Waals surface area (Å²) in [5.41, 5.74) is -26.9. The van der Waals surface area contributed by atoms with E-state index in [1.807, 2.05) is 0 Å². The summed E-state index contributed by atoms with van der Waals surface area (Å²) < 4.78 is 436. The Hall–Kier alpha value is -3.93.